The van der Waals surface area contributed by atoms with Gasteiger partial charge in [0.2, 0.25) is 0 Å². The number of rotatable bonds is 2. The Kier molecular flexibility index (Phi) is 3.30. The minimum atomic E-state index is -0.982. The van der Waals surface area contributed by atoms with Crippen LogP contribution in [0.1, 0.15) is 10.4 Å². The molecular formula is C10H7Br2N3O2. The molecule has 1 heterocycles. The summed E-state index contributed by atoms with van der Waals surface area (Å²) in [6.07, 6.45) is 0. The van der Waals surface area contributed by atoms with E-state index in [-0.39, 0.29) is 5.56 Å². The first kappa shape index (κ1) is 12.3. The van der Waals surface area contributed by atoms with Crippen molar-refractivity contribution < 1.29 is 9.90 Å². The van der Waals surface area contributed by atoms with E-state index in [9.17, 15) is 4.79 Å². The molecule has 0 spiro atoms. The maximum absolute atomic E-state index is 11.0. The Morgan fingerprint density at radius 2 is 2.12 bits per heavy atom. The number of carboxylic acid groups (broad SMARTS) is 1. The Balaban J connectivity index is 2.62. The molecule has 2 aromatic rings. The molecule has 0 aliphatic carbocycles. The van der Waals surface area contributed by atoms with Crippen LogP contribution in [0.15, 0.2) is 27.3 Å². The van der Waals surface area contributed by atoms with Gasteiger partial charge in [-0.15, -0.1) is 5.10 Å². The van der Waals surface area contributed by atoms with Gasteiger partial charge in [-0.25, -0.2) is 9.48 Å². The summed E-state index contributed by atoms with van der Waals surface area (Å²) < 4.78 is 2.71. The molecule has 0 saturated heterocycles. The first-order valence-electron chi connectivity index (χ1n) is 4.59. The van der Waals surface area contributed by atoms with Gasteiger partial charge in [-0.3, -0.25) is 0 Å². The molecule has 0 amide bonds. The summed E-state index contributed by atoms with van der Waals surface area (Å²) in [7, 11) is 1.75. The predicted molar refractivity (Wildman–Crippen MR) is 68.8 cm³/mol. The quantitative estimate of drug-likeness (QED) is 0.894. The summed E-state index contributed by atoms with van der Waals surface area (Å²) in [4.78, 5) is 11.0. The number of aromatic nitrogens is 3. The second-order valence-electron chi connectivity index (χ2n) is 3.35. The summed E-state index contributed by atoms with van der Waals surface area (Å²) in [5, 5.41) is 16.8. The lowest BCUT2D eigenvalue weighted by atomic mass is 10.1. The lowest BCUT2D eigenvalue weighted by Gasteiger charge is -2.05. The summed E-state index contributed by atoms with van der Waals surface area (Å²) >= 11 is 6.48. The van der Waals surface area contributed by atoms with Crippen molar-refractivity contribution in [2.45, 2.75) is 0 Å². The molecule has 0 bridgehead atoms. The second kappa shape index (κ2) is 4.58. The van der Waals surface area contributed by atoms with Gasteiger partial charge in [0.1, 0.15) is 5.69 Å². The van der Waals surface area contributed by atoms with Crippen LogP contribution in [0, 0.1) is 0 Å². The van der Waals surface area contributed by atoms with Crippen LogP contribution in [-0.2, 0) is 7.05 Å². The number of hydrogen-bond acceptors (Lipinski definition) is 3. The first-order valence-corrected chi connectivity index (χ1v) is 6.17. The van der Waals surface area contributed by atoms with Crippen LogP contribution in [0.5, 0.6) is 0 Å². The van der Waals surface area contributed by atoms with Crippen LogP contribution in [0.25, 0.3) is 11.3 Å². The fraction of sp³-hybridized carbons (Fsp3) is 0.100. The predicted octanol–water partition coefficient (Wildman–Crippen LogP) is 2.71. The van der Waals surface area contributed by atoms with E-state index in [0.29, 0.717) is 9.08 Å². The van der Waals surface area contributed by atoms with E-state index >= 15 is 0 Å². The van der Waals surface area contributed by atoms with Gasteiger partial charge in [0.25, 0.3) is 0 Å². The van der Waals surface area contributed by atoms with Crippen molar-refractivity contribution >= 4 is 37.8 Å². The third-order valence-electron chi connectivity index (χ3n) is 2.26. The maximum atomic E-state index is 11.0. The van der Waals surface area contributed by atoms with Gasteiger partial charge in [-0.1, -0.05) is 11.3 Å². The highest BCUT2D eigenvalue weighted by molar-refractivity contribution is 9.10. The fourth-order valence-electron chi connectivity index (χ4n) is 1.47. The average Bonchev–Trinajstić information content (AvgIpc) is 2.59. The van der Waals surface area contributed by atoms with Crippen LogP contribution in [-0.4, -0.2) is 26.1 Å². The highest BCUT2D eigenvalue weighted by atomic mass is 79.9. The van der Waals surface area contributed by atoms with Crippen molar-refractivity contribution in [1.82, 2.24) is 15.0 Å². The standard InChI is InChI=1S/C10H7Br2N3O2/c1-15-8(9(12)13-14-15)5-2-3-7(11)6(4-5)10(16)17/h2-4H,1H3,(H,16,17). The Morgan fingerprint density at radius 1 is 1.41 bits per heavy atom. The third kappa shape index (κ3) is 2.25. The van der Waals surface area contributed by atoms with Crippen LogP contribution < -0.4 is 0 Å². The zero-order chi connectivity index (χ0) is 12.6. The fourth-order valence-corrected chi connectivity index (χ4v) is 2.45. The molecule has 1 N–H and O–H groups in total. The number of nitrogens with zero attached hydrogens (tertiary/aromatic N) is 3. The topological polar surface area (TPSA) is 68.0 Å². The molecule has 1 aromatic carbocycles. The Hall–Kier alpha value is -1.21. The molecule has 17 heavy (non-hydrogen) atoms. The van der Waals surface area contributed by atoms with Gasteiger partial charge < -0.3 is 5.11 Å². The average molecular weight is 361 g/mol. The molecule has 0 aliphatic rings. The zero-order valence-electron chi connectivity index (χ0n) is 8.69. The highest BCUT2D eigenvalue weighted by Gasteiger charge is 2.14. The van der Waals surface area contributed by atoms with Crippen LogP contribution >= 0.6 is 31.9 Å². The summed E-state index contributed by atoms with van der Waals surface area (Å²) in [6, 6.07) is 5.08. The van der Waals surface area contributed by atoms with Gasteiger partial charge in [-0.05, 0) is 44.0 Å². The summed E-state index contributed by atoms with van der Waals surface area (Å²) in [5.41, 5.74) is 1.68. The largest absolute Gasteiger partial charge is 0.478 e. The Labute approximate surface area is 114 Å². The molecule has 1 aromatic heterocycles. The lowest BCUT2D eigenvalue weighted by molar-refractivity contribution is 0.0696. The number of carboxylic acids is 1. The van der Waals surface area contributed by atoms with Gasteiger partial charge in [-0.2, -0.15) is 0 Å². The van der Waals surface area contributed by atoms with Crippen molar-refractivity contribution in [1.29, 1.82) is 0 Å². The molecule has 0 unspecified atom stereocenters. The molecule has 2 rings (SSSR count). The normalized spacial score (nSPS) is 10.5. The zero-order valence-corrected chi connectivity index (χ0v) is 11.9. The van der Waals surface area contributed by atoms with E-state index in [1.807, 2.05) is 0 Å². The number of benzene rings is 1. The van der Waals surface area contributed by atoms with Crippen LogP contribution in [0.2, 0.25) is 0 Å². The Morgan fingerprint density at radius 3 is 2.65 bits per heavy atom. The number of carbonyl (C=O) groups is 1. The van der Waals surface area contributed by atoms with Crippen molar-refractivity contribution in [3.8, 4) is 11.3 Å². The van der Waals surface area contributed by atoms with E-state index in [4.69, 9.17) is 5.11 Å². The van der Waals surface area contributed by atoms with Crippen molar-refractivity contribution in [2.75, 3.05) is 0 Å². The van der Waals surface area contributed by atoms with Crippen molar-refractivity contribution in [3.63, 3.8) is 0 Å². The summed E-state index contributed by atoms with van der Waals surface area (Å²) in [5.74, 6) is -0.982. The van der Waals surface area contributed by atoms with Crippen LogP contribution in [0.3, 0.4) is 0 Å². The minimum absolute atomic E-state index is 0.204. The number of aromatic carboxylic acids is 1. The molecule has 0 radical (unpaired) electrons. The molecule has 5 nitrogen and oxygen atoms in total. The number of halogens is 2. The number of hydrogen-bond donors (Lipinski definition) is 1. The number of aryl methyl sites for hydroxylation is 1. The van der Waals surface area contributed by atoms with Gasteiger partial charge in [0.15, 0.2) is 4.60 Å². The smallest absolute Gasteiger partial charge is 0.336 e. The van der Waals surface area contributed by atoms with Crippen LogP contribution in [0.4, 0.5) is 0 Å². The minimum Gasteiger partial charge on any atom is -0.478 e. The molecular weight excluding hydrogens is 354 g/mol. The van der Waals surface area contributed by atoms with Gasteiger partial charge in [0, 0.05) is 17.1 Å². The second-order valence-corrected chi connectivity index (χ2v) is 4.96. The van der Waals surface area contributed by atoms with E-state index < -0.39 is 5.97 Å². The molecule has 0 saturated carbocycles. The molecule has 0 atom stereocenters. The van der Waals surface area contributed by atoms with E-state index in [2.05, 4.69) is 42.2 Å². The van der Waals surface area contributed by atoms with E-state index in [1.54, 1.807) is 29.9 Å². The maximum Gasteiger partial charge on any atom is 0.336 e. The highest BCUT2D eigenvalue weighted by Crippen LogP contribution is 2.29. The van der Waals surface area contributed by atoms with E-state index in [1.165, 1.54) is 0 Å². The molecule has 7 heteroatoms. The van der Waals surface area contributed by atoms with Crippen molar-refractivity contribution in [2.24, 2.45) is 7.05 Å². The SMILES string of the molecule is Cn1nnc(Br)c1-c1ccc(Br)c(C(=O)O)c1. The molecule has 88 valence electrons. The van der Waals surface area contributed by atoms with E-state index in [0.717, 1.165) is 11.3 Å². The van der Waals surface area contributed by atoms with Crippen molar-refractivity contribution in [3.05, 3.63) is 32.8 Å². The molecule has 0 fully saturated rings. The third-order valence-corrected chi connectivity index (χ3v) is 3.48. The van der Waals surface area contributed by atoms with Gasteiger partial charge in [0.05, 0.1) is 5.56 Å². The lowest BCUT2D eigenvalue weighted by Crippen LogP contribution is -2.00. The van der Waals surface area contributed by atoms with Gasteiger partial charge >= 0.3 is 5.97 Å². The monoisotopic (exact) mass is 359 g/mol. The first-order chi connectivity index (χ1) is 8.00. The Bertz CT molecular complexity index is 576. The summed E-state index contributed by atoms with van der Waals surface area (Å²) in [6.45, 7) is 0. The molecule has 0 aliphatic heterocycles.